The Morgan fingerprint density at radius 1 is 1.30 bits per heavy atom. The van der Waals surface area contributed by atoms with Crippen LogP contribution in [0.4, 0.5) is 0 Å². The fraction of sp³-hybridized carbons (Fsp3) is 0.500. The lowest BCUT2D eigenvalue weighted by Gasteiger charge is -2.23. The first-order valence-corrected chi connectivity index (χ1v) is 8.36. The summed E-state index contributed by atoms with van der Waals surface area (Å²) in [7, 11) is 0. The molecule has 0 bridgehead atoms. The maximum absolute atomic E-state index is 12.3. The number of fused-ring (bicyclic) bond motifs is 1. The molecule has 122 valence electrons. The van der Waals surface area contributed by atoms with Gasteiger partial charge in [-0.25, -0.2) is 4.98 Å². The maximum Gasteiger partial charge on any atom is 0.223 e. The number of aryl methyl sites for hydroxylation is 4. The molecule has 0 radical (unpaired) electrons. The normalized spacial score (nSPS) is 16.9. The van der Waals surface area contributed by atoms with Crippen molar-refractivity contribution in [2.45, 2.75) is 46.1 Å². The van der Waals surface area contributed by atoms with Crippen LogP contribution in [0.3, 0.4) is 0 Å². The second-order valence-electron chi connectivity index (χ2n) is 6.28. The Balaban J connectivity index is 1.44. The predicted octanol–water partition coefficient (Wildman–Crippen LogP) is 2.21. The van der Waals surface area contributed by atoms with E-state index in [1.54, 1.807) is 0 Å². The van der Waals surface area contributed by atoms with Crippen molar-refractivity contribution in [2.24, 2.45) is 5.92 Å². The number of hydrogen-bond donors (Lipinski definition) is 1. The van der Waals surface area contributed by atoms with E-state index in [1.165, 1.54) is 11.1 Å². The van der Waals surface area contributed by atoms with Crippen LogP contribution in [0.5, 0.6) is 0 Å². The van der Waals surface area contributed by atoms with Crippen LogP contribution in [0.25, 0.3) is 0 Å². The van der Waals surface area contributed by atoms with Gasteiger partial charge < -0.3 is 5.32 Å². The second-order valence-corrected chi connectivity index (χ2v) is 6.28. The first-order valence-electron chi connectivity index (χ1n) is 8.36. The molecule has 1 heterocycles. The van der Waals surface area contributed by atoms with Gasteiger partial charge in [-0.3, -0.25) is 9.48 Å². The van der Waals surface area contributed by atoms with Crippen LogP contribution in [-0.4, -0.2) is 27.2 Å². The Bertz CT molecular complexity index is 692. The van der Waals surface area contributed by atoms with Gasteiger partial charge in [-0.05, 0) is 50.7 Å². The summed E-state index contributed by atoms with van der Waals surface area (Å²) in [5.74, 6) is 2.02. The zero-order valence-corrected chi connectivity index (χ0v) is 13.9. The van der Waals surface area contributed by atoms with Crippen LogP contribution in [0.2, 0.25) is 0 Å². The molecule has 0 fully saturated rings. The lowest BCUT2D eigenvalue weighted by Crippen LogP contribution is -2.35. The van der Waals surface area contributed by atoms with Crippen molar-refractivity contribution in [1.82, 2.24) is 20.1 Å². The fourth-order valence-corrected chi connectivity index (χ4v) is 3.28. The van der Waals surface area contributed by atoms with Crippen LogP contribution in [-0.2, 0) is 24.2 Å². The van der Waals surface area contributed by atoms with E-state index in [0.29, 0.717) is 6.54 Å². The van der Waals surface area contributed by atoms with Gasteiger partial charge in [0.05, 0.1) is 0 Å². The fourth-order valence-electron chi connectivity index (χ4n) is 3.28. The van der Waals surface area contributed by atoms with Gasteiger partial charge in [0.25, 0.3) is 0 Å². The summed E-state index contributed by atoms with van der Waals surface area (Å²) >= 11 is 0. The number of nitrogens with one attached hydrogen (secondary N) is 1. The van der Waals surface area contributed by atoms with Crippen molar-refractivity contribution in [3.63, 3.8) is 0 Å². The smallest absolute Gasteiger partial charge is 0.223 e. The molecule has 0 saturated carbocycles. The molecule has 0 saturated heterocycles. The third-order valence-electron chi connectivity index (χ3n) is 4.53. The number of aromatic nitrogens is 3. The third kappa shape index (κ3) is 3.78. The summed E-state index contributed by atoms with van der Waals surface area (Å²) in [6.45, 7) is 5.33. The van der Waals surface area contributed by atoms with Gasteiger partial charge in [0.1, 0.15) is 11.6 Å². The van der Waals surface area contributed by atoms with Gasteiger partial charge in [-0.2, -0.15) is 5.10 Å². The lowest BCUT2D eigenvalue weighted by atomic mass is 9.83. The molecule has 1 aliphatic carbocycles. The highest BCUT2D eigenvalue weighted by Crippen LogP contribution is 2.25. The molecule has 3 rings (SSSR count). The molecule has 1 amide bonds. The van der Waals surface area contributed by atoms with Gasteiger partial charge >= 0.3 is 0 Å². The van der Waals surface area contributed by atoms with Crippen molar-refractivity contribution in [3.8, 4) is 0 Å². The number of rotatable bonds is 5. The number of benzene rings is 1. The Kier molecular flexibility index (Phi) is 4.74. The largest absolute Gasteiger partial charge is 0.356 e. The number of nitrogens with zero attached hydrogens (tertiary/aromatic N) is 3. The van der Waals surface area contributed by atoms with Crippen molar-refractivity contribution in [1.29, 1.82) is 0 Å². The zero-order valence-electron chi connectivity index (χ0n) is 13.9. The van der Waals surface area contributed by atoms with Gasteiger partial charge in [0, 0.05) is 19.0 Å². The lowest BCUT2D eigenvalue weighted by molar-refractivity contribution is -0.125. The van der Waals surface area contributed by atoms with E-state index in [9.17, 15) is 4.79 Å². The van der Waals surface area contributed by atoms with Gasteiger partial charge in [-0.1, -0.05) is 24.3 Å². The quantitative estimate of drug-likeness (QED) is 0.861. The van der Waals surface area contributed by atoms with Crippen molar-refractivity contribution in [2.75, 3.05) is 6.54 Å². The minimum Gasteiger partial charge on any atom is -0.356 e. The highest BCUT2D eigenvalue weighted by atomic mass is 16.1. The van der Waals surface area contributed by atoms with Crippen molar-refractivity contribution >= 4 is 5.91 Å². The van der Waals surface area contributed by atoms with Gasteiger partial charge in [0.2, 0.25) is 5.91 Å². The molecule has 1 atom stereocenters. The van der Waals surface area contributed by atoms with Crippen LogP contribution < -0.4 is 5.32 Å². The number of carbonyl (C=O) groups is 1. The van der Waals surface area contributed by atoms with E-state index in [2.05, 4.69) is 39.7 Å². The summed E-state index contributed by atoms with van der Waals surface area (Å²) in [6.07, 6.45) is 3.69. The Labute approximate surface area is 137 Å². The van der Waals surface area contributed by atoms with Crippen molar-refractivity contribution < 1.29 is 4.79 Å². The van der Waals surface area contributed by atoms with E-state index in [4.69, 9.17) is 0 Å². The molecule has 5 heteroatoms. The second kappa shape index (κ2) is 6.94. The maximum atomic E-state index is 12.3. The van der Waals surface area contributed by atoms with Crippen molar-refractivity contribution in [3.05, 3.63) is 47.0 Å². The SMILES string of the molecule is Cc1nc(C)n(CCCNC(=O)[C@H]2CCc3ccccc3C2)n1. The van der Waals surface area contributed by atoms with Gasteiger partial charge in [-0.15, -0.1) is 0 Å². The zero-order chi connectivity index (χ0) is 16.2. The topological polar surface area (TPSA) is 59.8 Å². The summed E-state index contributed by atoms with van der Waals surface area (Å²) < 4.78 is 1.90. The number of hydrogen-bond acceptors (Lipinski definition) is 3. The van der Waals surface area contributed by atoms with Crippen LogP contribution in [0.15, 0.2) is 24.3 Å². The summed E-state index contributed by atoms with van der Waals surface area (Å²) in [4.78, 5) is 16.6. The Morgan fingerprint density at radius 2 is 2.09 bits per heavy atom. The van der Waals surface area contributed by atoms with Crippen LogP contribution >= 0.6 is 0 Å². The third-order valence-corrected chi connectivity index (χ3v) is 4.53. The van der Waals surface area contributed by atoms with E-state index in [-0.39, 0.29) is 11.8 Å². The van der Waals surface area contributed by atoms with E-state index in [1.807, 2.05) is 18.5 Å². The molecule has 23 heavy (non-hydrogen) atoms. The first kappa shape index (κ1) is 15.7. The molecule has 5 nitrogen and oxygen atoms in total. The molecule has 1 aromatic heterocycles. The van der Waals surface area contributed by atoms with Crippen LogP contribution in [0, 0.1) is 19.8 Å². The highest BCUT2D eigenvalue weighted by molar-refractivity contribution is 5.79. The summed E-state index contributed by atoms with van der Waals surface area (Å²) in [6, 6.07) is 8.45. The number of carbonyl (C=O) groups excluding carboxylic acids is 1. The molecule has 0 spiro atoms. The molecular weight excluding hydrogens is 288 g/mol. The molecule has 0 aliphatic heterocycles. The molecular formula is C18H24N4O. The molecule has 1 aliphatic rings. The van der Waals surface area contributed by atoms with Crippen LogP contribution in [0.1, 0.15) is 35.6 Å². The minimum absolute atomic E-state index is 0.111. The predicted molar refractivity (Wildman–Crippen MR) is 89.1 cm³/mol. The highest BCUT2D eigenvalue weighted by Gasteiger charge is 2.23. The molecule has 0 unspecified atom stereocenters. The van der Waals surface area contributed by atoms with Gasteiger partial charge in [0.15, 0.2) is 0 Å². The molecule has 1 N–H and O–H groups in total. The Hall–Kier alpha value is -2.17. The first-order chi connectivity index (χ1) is 11.1. The standard InChI is InChI=1S/C18H24N4O/c1-13-20-14(2)22(21-13)11-5-10-19-18(23)17-9-8-15-6-3-4-7-16(15)12-17/h3-4,6-7,17H,5,8-12H2,1-2H3,(H,19,23)/t17-/m0/s1. The molecule has 2 aromatic rings. The number of amides is 1. The van der Waals surface area contributed by atoms with E-state index >= 15 is 0 Å². The van der Waals surface area contributed by atoms with E-state index < -0.39 is 0 Å². The molecule has 1 aromatic carbocycles. The minimum atomic E-state index is 0.111. The summed E-state index contributed by atoms with van der Waals surface area (Å²) in [5, 5.41) is 7.41. The summed E-state index contributed by atoms with van der Waals surface area (Å²) in [5.41, 5.74) is 2.72. The Morgan fingerprint density at radius 3 is 2.83 bits per heavy atom. The average Bonchev–Trinajstić information content (AvgIpc) is 2.88. The average molecular weight is 312 g/mol. The van der Waals surface area contributed by atoms with E-state index in [0.717, 1.165) is 43.9 Å². The monoisotopic (exact) mass is 312 g/mol.